The van der Waals surface area contributed by atoms with Crippen LogP contribution in [0.3, 0.4) is 0 Å². The summed E-state index contributed by atoms with van der Waals surface area (Å²) in [5.74, 6) is 5.85. The molecule has 90 valence electrons. The van der Waals surface area contributed by atoms with Crippen molar-refractivity contribution in [2.45, 2.75) is 32.1 Å². The van der Waals surface area contributed by atoms with Gasteiger partial charge in [-0.25, -0.2) is 5.48 Å². The van der Waals surface area contributed by atoms with Crippen LogP contribution in [-0.2, 0) is 11.2 Å². The number of hydrogen-bond acceptors (Lipinski definition) is 2. The predicted octanol–water partition coefficient (Wildman–Crippen LogP) is 2.30. The highest BCUT2D eigenvalue weighted by Gasteiger charge is 1.96. The molecule has 0 radical (unpaired) electrons. The van der Waals surface area contributed by atoms with Crippen LogP contribution < -0.4 is 5.48 Å². The molecule has 0 saturated heterocycles. The first-order valence-corrected chi connectivity index (χ1v) is 5.75. The summed E-state index contributed by atoms with van der Waals surface area (Å²) in [4.78, 5) is 10.7. The molecule has 2 N–H and O–H groups in total. The Bertz CT molecular complexity index is 390. The molecule has 0 fully saturated rings. The van der Waals surface area contributed by atoms with Gasteiger partial charge in [0.25, 0.3) is 0 Å². The van der Waals surface area contributed by atoms with E-state index < -0.39 is 0 Å². The van der Waals surface area contributed by atoms with Crippen molar-refractivity contribution in [3.63, 3.8) is 0 Å². The minimum Gasteiger partial charge on any atom is -0.289 e. The maximum absolute atomic E-state index is 10.7. The molecule has 3 heteroatoms. The maximum atomic E-state index is 10.7. The van der Waals surface area contributed by atoms with Gasteiger partial charge in [-0.3, -0.25) is 10.0 Å². The van der Waals surface area contributed by atoms with Crippen molar-refractivity contribution >= 4 is 5.91 Å². The summed E-state index contributed by atoms with van der Waals surface area (Å²) in [5, 5.41) is 8.27. The maximum Gasteiger partial charge on any atom is 0.243 e. The Hall–Kier alpha value is -1.79. The van der Waals surface area contributed by atoms with Crippen LogP contribution in [0.5, 0.6) is 0 Å². The fourth-order valence-electron chi connectivity index (χ4n) is 1.40. The largest absolute Gasteiger partial charge is 0.289 e. The van der Waals surface area contributed by atoms with Gasteiger partial charge in [0.2, 0.25) is 5.91 Å². The summed E-state index contributed by atoms with van der Waals surface area (Å²) in [5.41, 5.74) is 2.84. The average molecular weight is 231 g/mol. The summed E-state index contributed by atoms with van der Waals surface area (Å²) in [7, 11) is 0. The second-order valence-electron chi connectivity index (χ2n) is 3.76. The van der Waals surface area contributed by atoms with Crippen LogP contribution in [0.25, 0.3) is 0 Å². The summed E-state index contributed by atoms with van der Waals surface area (Å²) in [6.07, 6.45) is 3.57. The van der Waals surface area contributed by atoms with E-state index in [2.05, 4.69) is 24.0 Å². The van der Waals surface area contributed by atoms with E-state index in [0.29, 0.717) is 6.42 Å². The Balaban J connectivity index is 2.09. The Morgan fingerprint density at radius 1 is 1.18 bits per heavy atom. The molecular weight excluding hydrogens is 214 g/mol. The predicted molar refractivity (Wildman–Crippen MR) is 66.3 cm³/mol. The molecule has 0 aromatic heterocycles. The number of carbonyl (C=O) groups excluding carboxylic acids is 1. The van der Waals surface area contributed by atoms with E-state index in [1.165, 1.54) is 5.56 Å². The number of amides is 1. The first-order chi connectivity index (χ1) is 8.33. The highest BCUT2D eigenvalue weighted by atomic mass is 16.5. The smallest absolute Gasteiger partial charge is 0.243 e. The quantitative estimate of drug-likeness (QED) is 0.353. The van der Waals surface area contributed by atoms with Crippen LogP contribution in [0.15, 0.2) is 30.3 Å². The van der Waals surface area contributed by atoms with Gasteiger partial charge >= 0.3 is 0 Å². The Kier molecular flexibility index (Phi) is 6.54. The van der Waals surface area contributed by atoms with Crippen molar-refractivity contribution in [3.05, 3.63) is 35.9 Å². The lowest BCUT2D eigenvalue weighted by molar-refractivity contribution is -0.129. The molecule has 1 aromatic rings. The molecule has 0 aliphatic rings. The van der Waals surface area contributed by atoms with Crippen LogP contribution >= 0.6 is 0 Å². The molecule has 3 nitrogen and oxygen atoms in total. The third kappa shape index (κ3) is 6.39. The van der Waals surface area contributed by atoms with E-state index in [1.807, 2.05) is 18.2 Å². The summed E-state index contributed by atoms with van der Waals surface area (Å²) in [6, 6.07) is 10.1. The third-order valence-electron chi connectivity index (χ3n) is 2.34. The molecule has 17 heavy (non-hydrogen) atoms. The molecule has 0 heterocycles. The first-order valence-electron chi connectivity index (χ1n) is 5.75. The Labute approximate surface area is 102 Å². The van der Waals surface area contributed by atoms with E-state index in [4.69, 9.17) is 5.21 Å². The van der Waals surface area contributed by atoms with Gasteiger partial charge in [-0.15, -0.1) is 5.92 Å². The van der Waals surface area contributed by atoms with Gasteiger partial charge in [-0.1, -0.05) is 36.3 Å². The molecule has 0 unspecified atom stereocenters. The summed E-state index contributed by atoms with van der Waals surface area (Å²) in [6.45, 7) is 0. The minimum atomic E-state index is -0.331. The number of nitrogens with one attached hydrogen (secondary N) is 1. The van der Waals surface area contributed by atoms with Crippen LogP contribution in [-0.4, -0.2) is 11.1 Å². The number of hydrogen-bond donors (Lipinski definition) is 2. The first kappa shape index (κ1) is 13.3. The van der Waals surface area contributed by atoms with Crippen LogP contribution in [0, 0.1) is 11.8 Å². The van der Waals surface area contributed by atoms with Crippen LogP contribution in [0.1, 0.15) is 31.2 Å². The molecule has 1 rings (SSSR count). The summed E-state index contributed by atoms with van der Waals surface area (Å²) < 4.78 is 0. The number of unbranched alkanes of at least 4 members (excludes halogenated alkanes) is 2. The molecule has 0 saturated carbocycles. The monoisotopic (exact) mass is 231 g/mol. The zero-order valence-corrected chi connectivity index (χ0v) is 9.78. The van der Waals surface area contributed by atoms with Gasteiger partial charge in [0, 0.05) is 19.3 Å². The molecule has 0 aliphatic carbocycles. The molecule has 1 amide bonds. The van der Waals surface area contributed by atoms with E-state index >= 15 is 0 Å². The zero-order chi connectivity index (χ0) is 12.3. The Morgan fingerprint density at radius 2 is 1.94 bits per heavy atom. The van der Waals surface area contributed by atoms with E-state index in [9.17, 15) is 4.79 Å². The highest BCUT2D eigenvalue weighted by molar-refractivity contribution is 5.74. The van der Waals surface area contributed by atoms with Crippen molar-refractivity contribution < 1.29 is 10.0 Å². The van der Waals surface area contributed by atoms with Crippen molar-refractivity contribution in [1.82, 2.24) is 5.48 Å². The lowest BCUT2D eigenvalue weighted by Crippen LogP contribution is -2.17. The molecular formula is C14H17NO2. The van der Waals surface area contributed by atoms with Gasteiger partial charge in [-0.05, 0) is 18.4 Å². The number of benzene rings is 1. The van der Waals surface area contributed by atoms with Crippen molar-refractivity contribution in [2.24, 2.45) is 0 Å². The third-order valence-corrected chi connectivity index (χ3v) is 2.34. The minimum absolute atomic E-state index is 0.331. The van der Waals surface area contributed by atoms with Crippen molar-refractivity contribution in [3.8, 4) is 11.8 Å². The molecule has 0 spiro atoms. The standard InChI is InChI=1S/C14H17NO2/c16-14(15-17)12-8-3-1-2-5-9-13-10-6-4-7-11-13/h4,6-7,10-11,17H,1,3,8-9,12H2,(H,15,16). The van der Waals surface area contributed by atoms with Gasteiger partial charge in [0.15, 0.2) is 0 Å². The van der Waals surface area contributed by atoms with E-state index in [0.717, 1.165) is 25.7 Å². The summed E-state index contributed by atoms with van der Waals surface area (Å²) >= 11 is 0. The second kappa shape index (κ2) is 8.37. The fourth-order valence-corrected chi connectivity index (χ4v) is 1.40. The van der Waals surface area contributed by atoms with Crippen molar-refractivity contribution in [1.29, 1.82) is 0 Å². The number of rotatable bonds is 5. The van der Waals surface area contributed by atoms with Gasteiger partial charge in [0.1, 0.15) is 0 Å². The van der Waals surface area contributed by atoms with Gasteiger partial charge in [-0.2, -0.15) is 0 Å². The molecule has 0 atom stereocenters. The van der Waals surface area contributed by atoms with Crippen LogP contribution in [0.2, 0.25) is 0 Å². The normalized spacial score (nSPS) is 9.24. The zero-order valence-electron chi connectivity index (χ0n) is 9.78. The van der Waals surface area contributed by atoms with Crippen molar-refractivity contribution in [2.75, 3.05) is 0 Å². The fraction of sp³-hybridized carbons (Fsp3) is 0.357. The van der Waals surface area contributed by atoms with E-state index in [1.54, 1.807) is 5.48 Å². The Morgan fingerprint density at radius 3 is 2.65 bits per heavy atom. The second-order valence-corrected chi connectivity index (χ2v) is 3.76. The highest BCUT2D eigenvalue weighted by Crippen LogP contribution is 2.00. The lowest BCUT2D eigenvalue weighted by atomic mass is 10.1. The average Bonchev–Trinajstić information content (AvgIpc) is 2.38. The topological polar surface area (TPSA) is 49.3 Å². The van der Waals surface area contributed by atoms with E-state index in [-0.39, 0.29) is 5.91 Å². The molecule has 0 aliphatic heterocycles. The number of hydroxylamine groups is 1. The SMILES string of the molecule is O=C(CCCCC#CCc1ccccc1)NO. The number of carbonyl (C=O) groups is 1. The van der Waals surface area contributed by atoms with Crippen LogP contribution in [0.4, 0.5) is 0 Å². The lowest BCUT2D eigenvalue weighted by Gasteiger charge is -1.95. The van der Waals surface area contributed by atoms with Gasteiger partial charge in [0.05, 0.1) is 0 Å². The molecule has 1 aromatic carbocycles. The molecule has 0 bridgehead atoms. The van der Waals surface area contributed by atoms with Gasteiger partial charge < -0.3 is 0 Å².